The monoisotopic (exact) mass is 486 g/mol. The maximum absolute atomic E-state index is 13.4. The zero-order chi connectivity index (χ0) is 25.0. The first kappa shape index (κ1) is 25.8. The van der Waals surface area contributed by atoms with Gasteiger partial charge >= 0.3 is 0 Å². The van der Waals surface area contributed by atoms with Crippen molar-refractivity contribution in [3.05, 3.63) is 41.0 Å². The lowest BCUT2D eigenvalue weighted by molar-refractivity contribution is -0.153. The molecule has 1 aliphatic heterocycles. The summed E-state index contributed by atoms with van der Waals surface area (Å²) in [6.07, 6.45) is 0. The largest absolute Gasteiger partial charge is 0.377 e. The highest BCUT2D eigenvalue weighted by atomic mass is 32.1. The number of aryl methyl sites for hydroxylation is 1. The molecular weight excluding hydrogens is 452 g/mol. The van der Waals surface area contributed by atoms with Crippen molar-refractivity contribution in [3.8, 4) is 10.4 Å². The van der Waals surface area contributed by atoms with E-state index in [0.29, 0.717) is 13.2 Å². The Bertz CT molecular complexity index is 1030. The number of benzene rings is 1. The van der Waals surface area contributed by atoms with Crippen LogP contribution in [0.4, 0.5) is 0 Å². The van der Waals surface area contributed by atoms with Gasteiger partial charge in [-0.15, -0.1) is 11.3 Å². The summed E-state index contributed by atoms with van der Waals surface area (Å²) < 4.78 is 5.54. The molecule has 1 aromatic carbocycles. The lowest BCUT2D eigenvalue weighted by atomic mass is 9.85. The minimum absolute atomic E-state index is 0.116. The molecular formula is C25H34N4O4S. The Morgan fingerprint density at radius 1 is 1.18 bits per heavy atom. The van der Waals surface area contributed by atoms with Crippen molar-refractivity contribution in [2.24, 2.45) is 5.41 Å². The molecule has 2 aromatic rings. The van der Waals surface area contributed by atoms with Gasteiger partial charge < -0.3 is 20.3 Å². The smallest absolute Gasteiger partial charge is 0.246 e. The van der Waals surface area contributed by atoms with Crippen molar-refractivity contribution in [3.63, 3.8) is 0 Å². The number of rotatable bonds is 6. The molecule has 34 heavy (non-hydrogen) atoms. The Balaban J connectivity index is 1.72. The van der Waals surface area contributed by atoms with Crippen molar-refractivity contribution in [1.82, 2.24) is 20.5 Å². The number of aromatic nitrogens is 1. The van der Waals surface area contributed by atoms with E-state index in [1.165, 1.54) is 11.8 Å². The van der Waals surface area contributed by atoms with E-state index >= 15 is 0 Å². The van der Waals surface area contributed by atoms with Crippen LogP contribution in [0.1, 0.15) is 51.9 Å². The predicted molar refractivity (Wildman–Crippen MR) is 132 cm³/mol. The quantitative estimate of drug-likeness (QED) is 0.654. The number of carbonyl (C=O) groups excluding carboxylic acids is 3. The zero-order valence-corrected chi connectivity index (χ0v) is 21.5. The van der Waals surface area contributed by atoms with Gasteiger partial charge in [-0.1, -0.05) is 45.0 Å². The first-order chi connectivity index (χ1) is 16.0. The summed E-state index contributed by atoms with van der Waals surface area (Å²) in [5.41, 5.74) is 4.37. The van der Waals surface area contributed by atoms with Crippen molar-refractivity contribution in [1.29, 1.82) is 0 Å². The van der Waals surface area contributed by atoms with Crippen molar-refractivity contribution in [2.75, 3.05) is 19.8 Å². The number of ether oxygens (including phenoxy) is 1. The molecule has 0 saturated carbocycles. The Morgan fingerprint density at radius 3 is 2.41 bits per heavy atom. The molecule has 1 aromatic heterocycles. The van der Waals surface area contributed by atoms with Crippen LogP contribution in [0, 0.1) is 12.3 Å². The van der Waals surface area contributed by atoms with Gasteiger partial charge in [0.25, 0.3) is 0 Å². The molecule has 1 saturated heterocycles. The normalized spacial score (nSPS) is 18.2. The van der Waals surface area contributed by atoms with Gasteiger partial charge in [0.05, 0.1) is 35.3 Å². The summed E-state index contributed by atoms with van der Waals surface area (Å²) >= 11 is 1.60. The molecule has 3 rings (SSSR count). The Hall–Kier alpha value is -2.78. The van der Waals surface area contributed by atoms with Gasteiger partial charge in [-0.25, -0.2) is 4.98 Å². The third kappa shape index (κ3) is 6.01. The molecule has 8 nitrogen and oxygen atoms in total. The molecule has 0 unspecified atom stereocenters. The number of nitrogens with zero attached hydrogens (tertiary/aromatic N) is 2. The maximum Gasteiger partial charge on any atom is 0.246 e. The zero-order valence-electron chi connectivity index (χ0n) is 20.7. The average molecular weight is 487 g/mol. The van der Waals surface area contributed by atoms with Crippen molar-refractivity contribution in [2.45, 2.75) is 59.7 Å². The SMILES string of the molecule is CC(=O)N[C@H](C(=O)N1CCOC[C@H]1C(=O)N[C@@H](C)c1ccc(-c2scnc2C)cc1)C(C)(C)C. The van der Waals surface area contributed by atoms with Crippen LogP contribution in [0.3, 0.4) is 0 Å². The molecule has 3 amide bonds. The number of hydrogen-bond acceptors (Lipinski definition) is 6. The minimum Gasteiger partial charge on any atom is -0.377 e. The molecule has 0 bridgehead atoms. The van der Waals surface area contributed by atoms with Crippen LogP contribution in [0.25, 0.3) is 10.4 Å². The van der Waals surface area contributed by atoms with Crippen LogP contribution in [-0.4, -0.2) is 59.4 Å². The molecule has 0 aliphatic carbocycles. The fourth-order valence-electron chi connectivity index (χ4n) is 4.00. The molecule has 0 radical (unpaired) electrons. The van der Waals surface area contributed by atoms with Gasteiger partial charge in [0.2, 0.25) is 17.7 Å². The Kier molecular flexibility index (Phi) is 8.09. The molecule has 2 heterocycles. The summed E-state index contributed by atoms with van der Waals surface area (Å²) in [6.45, 7) is 11.7. The van der Waals surface area contributed by atoms with E-state index < -0.39 is 17.5 Å². The van der Waals surface area contributed by atoms with Gasteiger partial charge in [-0.05, 0) is 30.4 Å². The second-order valence-corrected chi connectivity index (χ2v) is 10.6. The molecule has 1 fully saturated rings. The van der Waals surface area contributed by atoms with E-state index in [2.05, 4.69) is 15.6 Å². The molecule has 1 aliphatic rings. The summed E-state index contributed by atoms with van der Waals surface area (Å²) in [7, 11) is 0. The second kappa shape index (κ2) is 10.7. The molecule has 2 N–H and O–H groups in total. The standard InChI is InChI=1S/C25H34N4O4S/c1-15(18-7-9-19(10-8-18)21-16(2)26-14-34-21)27-23(31)20-13-33-12-11-29(20)24(32)22(25(4,5)6)28-17(3)30/h7-10,14-15,20,22H,11-13H2,1-6H3,(H,27,31)(H,28,30)/t15-,20-,22+/m0/s1. The van der Waals surface area contributed by atoms with E-state index in [9.17, 15) is 14.4 Å². The van der Waals surface area contributed by atoms with Gasteiger partial charge in [-0.2, -0.15) is 0 Å². The summed E-state index contributed by atoms with van der Waals surface area (Å²) in [4.78, 5) is 45.3. The number of carbonyl (C=O) groups is 3. The Labute approximate surface area is 205 Å². The van der Waals surface area contributed by atoms with Crippen LogP contribution < -0.4 is 10.6 Å². The molecule has 3 atom stereocenters. The van der Waals surface area contributed by atoms with Crippen LogP contribution in [0.5, 0.6) is 0 Å². The van der Waals surface area contributed by atoms with E-state index in [1.807, 2.05) is 64.4 Å². The van der Waals surface area contributed by atoms with E-state index in [0.717, 1.165) is 21.7 Å². The summed E-state index contributed by atoms with van der Waals surface area (Å²) in [5, 5.41) is 5.78. The third-order valence-electron chi connectivity index (χ3n) is 5.95. The Morgan fingerprint density at radius 2 is 1.85 bits per heavy atom. The van der Waals surface area contributed by atoms with Crippen LogP contribution in [0.15, 0.2) is 29.8 Å². The van der Waals surface area contributed by atoms with E-state index in [-0.39, 0.29) is 30.4 Å². The van der Waals surface area contributed by atoms with Gasteiger partial charge in [-0.3, -0.25) is 14.4 Å². The van der Waals surface area contributed by atoms with E-state index in [4.69, 9.17) is 4.74 Å². The fourth-order valence-corrected chi connectivity index (χ4v) is 4.81. The number of hydrogen-bond donors (Lipinski definition) is 2. The van der Waals surface area contributed by atoms with Gasteiger partial charge in [0, 0.05) is 13.5 Å². The first-order valence-corrected chi connectivity index (χ1v) is 12.3. The average Bonchev–Trinajstić information content (AvgIpc) is 3.22. The van der Waals surface area contributed by atoms with Crippen LogP contribution in [0.2, 0.25) is 0 Å². The molecule has 0 spiro atoms. The van der Waals surface area contributed by atoms with Crippen molar-refractivity contribution < 1.29 is 19.1 Å². The number of amides is 3. The van der Waals surface area contributed by atoms with Gasteiger partial charge in [0.1, 0.15) is 12.1 Å². The van der Waals surface area contributed by atoms with Crippen molar-refractivity contribution >= 4 is 29.1 Å². The lowest BCUT2D eigenvalue weighted by Gasteiger charge is -2.40. The highest BCUT2D eigenvalue weighted by molar-refractivity contribution is 7.13. The number of morpholine rings is 1. The summed E-state index contributed by atoms with van der Waals surface area (Å²) in [5.74, 6) is -0.838. The van der Waals surface area contributed by atoms with Crippen LogP contribution in [-0.2, 0) is 19.1 Å². The van der Waals surface area contributed by atoms with E-state index in [1.54, 1.807) is 11.3 Å². The lowest BCUT2D eigenvalue weighted by Crippen LogP contribution is -2.62. The minimum atomic E-state index is -0.763. The highest BCUT2D eigenvalue weighted by Crippen LogP contribution is 2.28. The number of thiazole rings is 1. The molecule has 9 heteroatoms. The topological polar surface area (TPSA) is 101 Å². The first-order valence-electron chi connectivity index (χ1n) is 11.4. The number of nitrogens with one attached hydrogen (secondary N) is 2. The predicted octanol–water partition coefficient (Wildman–Crippen LogP) is 3.07. The third-order valence-corrected chi connectivity index (χ3v) is 6.93. The fraction of sp³-hybridized carbons (Fsp3) is 0.520. The second-order valence-electron chi connectivity index (χ2n) is 9.74. The van der Waals surface area contributed by atoms with Gasteiger partial charge in [0.15, 0.2) is 0 Å². The highest BCUT2D eigenvalue weighted by Gasteiger charge is 2.41. The van der Waals surface area contributed by atoms with Crippen LogP contribution >= 0.6 is 11.3 Å². The summed E-state index contributed by atoms with van der Waals surface area (Å²) in [6, 6.07) is 6.29. The molecule has 184 valence electrons. The maximum atomic E-state index is 13.4.